The van der Waals surface area contributed by atoms with Gasteiger partial charge in [0.15, 0.2) is 0 Å². The normalized spacial score (nSPS) is 16.4. The quantitative estimate of drug-likeness (QED) is 0.795. The third kappa shape index (κ3) is 4.59. The Morgan fingerprint density at radius 2 is 2.06 bits per heavy atom. The van der Waals surface area contributed by atoms with Gasteiger partial charge in [0.1, 0.15) is 0 Å². The molecule has 1 N–H and O–H groups in total. The number of carboxylic acid groups (broad SMARTS) is 1. The molecule has 1 rings (SSSR count). The molecule has 0 unspecified atom stereocenters. The van der Waals surface area contributed by atoms with Gasteiger partial charge in [0.25, 0.3) is 0 Å². The van der Waals surface area contributed by atoms with E-state index in [0.717, 1.165) is 17.8 Å². The highest BCUT2D eigenvalue weighted by Crippen LogP contribution is 2.30. The van der Waals surface area contributed by atoms with E-state index < -0.39 is 17.7 Å². The molecule has 0 aromatic carbocycles. The highest BCUT2D eigenvalue weighted by Gasteiger charge is 2.35. The highest BCUT2D eigenvalue weighted by atomic mass is 32.2. The van der Waals surface area contributed by atoms with Crippen molar-refractivity contribution in [3.63, 3.8) is 0 Å². The topological polar surface area (TPSA) is 57.6 Å². The molecule has 18 heavy (non-hydrogen) atoms. The summed E-state index contributed by atoms with van der Waals surface area (Å²) in [5.74, 6) is -1.57. The van der Waals surface area contributed by atoms with Crippen molar-refractivity contribution >= 4 is 23.6 Å². The average molecular weight is 283 g/mol. The lowest BCUT2D eigenvalue weighted by molar-refractivity contribution is -0.133. The Morgan fingerprint density at radius 3 is 2.50 bits per heavy atom. The van der Waals surface area contributed by atoms with E-state index in [9.17, 15) is 22.8 Å². The van der Waals surface area contributed by atoms with Crippen LogP contribution in [0.4, 0.5) is 13.2 Å². The molecule has 102 valence electrons. The van der Waals surface area contributed by atoms with Gasteiger partial charge in [-0.2, -0.15) is 13.2 Å². The molecule has 0 bridgehead atoms. The lowest BCUT2D eigenvalue weighted by Gasteiger charge is -2.27. The van der Waals surface area contributed by atoms with Gasteiger partial charge >= 0.3 is 12.1 Å². The molecular weight excluding hydrogens is 271 g/mol. The number of thioether (sulfide) groups is 1. The summed E-state index contributed by atoms with van der Waals surface area (Å²) in [5, 5.41) is 8.38. The fourth-order valence-corrected chi connectivity index (χ4v) is 2.10. The number of hydrogen-bond donors (Lipinski definition) is 1. The first kappa shape index (κ1) is 14.9. The van der Waals surface area contributed by atoms with Crippen molar-refractivity contribution in [2.24, 2.45) is 0 Å². The largest absolute Gasteiger partial charge is 0.481 e. The number of nitrogens with zero attached hydrogens (tertiary/aromatic N) is 1. The van der Waals surface area contributed by atoms with Crippen LogP contribution in [-0.4, -0.2) is 52.7 Å². The van der Waals surface area contributed by atoms with Crippen LogP contribution in [0.25, 0.3) is 0 Å². The standard InChI is InChI=1S/C10H12F3NO3S/c11-10(12,13)7-1-3-14(4-2-7)8(15)5-18-6-9(16)17/h1H,2-6H2,(H,16,17). The first-order valence-corrected chi connectivity index (χ1v) is 6.29. The third-order valence-corrected chi connectivity index (χ3v) is 3.28. The Balaban J connectivity index is 2.40. The van der Waals surface area contributed by atoms with Gasteiger partial charge in [-0.05, 0) is 6.42 Å². The summed E-state index contributed by atoms with van der Waals surface area (Å²) >= 11 is 0.936. The number of carbonyl (C=O) groups excluding carboxylic acids is 1. The van der Waals surface area contributed by atoms with Gasteiger partial charge in [0, 0.05) is 18.7 Å². The van der Waals surface area contributed by atoms with Crippen molar-refractivity contribution in [2.75, 3.05) is 24.6 Å². The molecule has 4 nitrogen and oxygen atoms in total. The summed E-state index contributed by atoms with van der Waals surface area (Å²) in [4.78, 5) is 23.1. The van der Waals surface area contributed by atoms with E-state index in [4.69, 9.17) is 5.11 Å². The molecule has 0 aliphatic carbocycles. The number of carbonyl (C=O) groups is 2. The van der Waals surface area contributed by atoms with Crippen molar-refractivity contribution in [1.29, 1.82) is 0 Å². The van der Waals surface area contributed by atoms with E-state index in [1.807, 2.05) is 0 Å². The Bertz CT molecular complexity index is 368. The summed E-state index contributed by atoms with van der Waals surface area (Å²) < 4.78 is 37.0. The number of carboxylic acids is 1. The van der Waals surface area contributed by atoms with Crippen LogP contribution < -0.4 is 0 Å². The number of rotatable bonds is 4. The van der Waals surface area contributed by atoms with Gasteiger partial charge in [0.2, 0.25) is 5.91 Å². The zero-order chi connectivity index (χ0) is 13.8. The summed E-state index contributed by atoms with van der Waals surface area (Å²) in [6.45, 7) is -0.0425. The van der Waals surface area contributed by atoms with E-state index in [1.54, 1.807) is 0 Å². The molecule has 0 radical (unpaired) electrons. The van der Waals surface area contributed by atoms with E-state index in [2.05, 4.69) is 0 Å². The molecule has 0 fully saturated rings. The molecule has 0 saturated heterocycles. The van der Waals surface area contributed by atoms with Crippen molar-refractivity contribution in [3.05, 3.63) is 11.6 Å². The monoisotopic (exact) mass is 283 g/mol. The van der Waals surface area contributed by atoms with E-state index in [0.29, 0.717) is 0 Å². The summed E-state index contributed by atoms with van der Waals surface area (Å²) in [6, 6.07) is 0. The van der Waals surface area contributed by atoms with Gasteiger partial charge in [-0.15, -0.1) is 11.8 Å². The number of alkyl halides is 3. The van der Waals surface area contributed by atoms with E-state index in [-0.39, 0.29) is 36.9 Å². The predicted octanol–water partition coefficient (Wildman–Crippen LogP) is 1.53. The van der Waals surface area contributed by atoms with Crippen LogP contribution in [0.2, 0.25) is 0 Å². The smallest absolute Gasteiger partial charge is 0.412 e. The zero-order valence-electron chi connectivity index (χ0n) is 9.37. The number of hydrogen-bond acceptors (Lipinski definition) is 3. The second-order valence-electron chi connectivity index (χ2n) is 3.70. The molecule has 1 heterocycles. The van der Waals surface area contributed by atoms with Gasteiger partial charge in [-0.3, -0.25) is 9.59 Å². The fourth-order valence-electron chi connectivity index (χ4n) is 1.47. The van der Waals surface area contributed by atoms with Crippen molar-refractivity contribution < 1.29 is 27.9 Å². The van der Waals surface area contributed by atoms with Crippen LogP contribution in [0.3, 0.4) is 0 Å². The van der Waals surface area contributed by atoms with Crippen LogP contribution in [-0.2, 0) is 9.59 Å². The van der Waals surface area contributed by atoms with Crippen molar-refractivity contribution in [2.45, 2.75) is 12.6 Å². The first-order valence-electron chi connectivity index (χ1n) is 5.14. The van der Waals surface area contributed by atoms with E-state index >= 15 is 0 Å². The zero-order valence-corrected chi connectivity index (χ0v) is 10.2. The molecule has 1 aliphatic heterocycles. The minimum Gasteiger partial charge on any atom is -0.481 e. The van der Waals surface area contributed by atoms with Crippen LogP contribution in [0.15, 0.2) is 11.6 Å². The number of aliphatic carboxylic acids is 1. The predicted molar refractivity (Wildman–Crippen MR) is 60.3 cm³/mol. The maximum absolute atomic E-state index is 12.3. The highest BCUT2D eigenvalue weighted by molar-refractivity contribution is 8.00. The Labute approximate surface area is 106 Å². The van der Waals surface area contributed by atoms with Crippen LogP contribution in [0.1, 0.15) is 6.42 Å². The summed E-state index contributed by atoms with van der Waals surface area (Å²) in [6.07, 6.45) is -3.53. The second kappa shape index (κ2) is 6.12. The van der Waals surface area contributed by atoms with Gasteiger partial charge < -0.3 is 10.0 Å². The molecule has 8 heteroatoms. The first-order chi connectivity index (χ1) is 8.30. The SMILES string of the molecule is O=C(O)CSCC(=O)N1CC=C(C(F)(F)F)CC1. The number of amides is 1. The number of halogens is 3. The van der Waals surface area contributed by atoms with Gasteiger partial charge in [-0.25, -0.2) is 0 Å². The second-order valence-corrected chi connectivity index (χ2v) is 4.69. The molecule has 0 atom stereocenters. The Morgan fingerprint density at radius 1 is 1.39 bits per heavy atom. The minimum atomic E-state index is -4.33. The maximum atomic E-state index is 12.3. The minimum absolute atomic E-state index is 0.0256. The molecule has 0 saturated carbocycles. The molecule has 0 aromatic rings. The fraction of sp³-hybridized carbons (Fsp3) is 0.600. The van der Waals surface area contributed by atoms with Crippen LogP contribution in [0.5, 0.6) is 0 Å². The van der Waals surface area contributed by atoms with E-state index in [1.165, 1.54) is 4.90 Å². The summed E-state index contributed by atoms with van der Waals surface area (Å²) in [7, 11) is 0. The lowest BCUT2D eigenvalue weighted by Crippen LogP contribution is -2.37. The molecule has 0 spiro atoms. The van der Waals surface area contributed by atoms with Crippen LogP contribution in [0, 0.1) is 0 Å². The average Bonchev–Trinajstić information content (AvgIpc) is 2.27. The van der Waals surface area contributed by atoms with Crippen LogP contribution >= 0.6 is 11.8 Å². The van der Waals surface area contributed by atoms with Crippen molar-refractivity contribution in [1.82, 2.24) is 4.90 Å². The molecule has 0 aromatic heterocycles. The molecule has 1 amide bonds. The Hall–Kier alpha value is -1.18. The third-order valence-electron chi connectivity index (χ3n) is 2.38. The lowest BCUT2D eigenvalue weighted by atomic mass is 10.1. The van der Waals surface area contributed by atoms with Crippen molar-refractivity contribution in [3.8, 4) is 0 Å². The molecule has 1 aliphatic rings. The van der Waals surface area contributed by atoms with Gasteiger partial charge in [0.05, 0.1) is 11.5 Å². The maximum Gasteiger partial charge on any atom is 0.412 e. The summed E-state index contributed by atoms with van der Waals surface area (Å²) in [5.41, 5.74) is -0.607. The van der Waals surface area contributed by atoms with Gasteiger partial charge in [-0.1, -0.05) is 6.08 Å². The Kier molecular flexibility index (Phi) is 5.06. The molecular formula is C10H12F3NO3S.